The standard InChI is InChI=1S/C15H23BrN2O/c1-3-12-6-8-15(19,9-7-12)10-17-14-5-4-13(16)11(2)18-14/h4-5,12,19H,3,6-10H2,1-2H3,(H,17,18). The van der Waals surface area contributed by atoms with E-state index in [1.165, 1.54) is 6.42 Å². The van der Waals surface area contributed by atoms with Crippen LogP contribution in [0.2, 0.25) is 0 Å². The number of aryl methyl sites for hydroxylation is 1. The second-order valence-electron chi connectivity index (χ2n) is 5.69. The highest BCUT2D eigenvalue weighted by Gasteiger charge is 2.32. The average molecular weight is 327 g/mol. The summed E-state index contributed by atoms with van der Waals surface area (Å²) in [6.45, 7) is 4.80. The second-order valence-corrected chi connectivity index (χ2v) is 6.55. The molecule has 0 radical (unpaired) electrons. The maximum absolute atomic E-state index is 10.6. The van der Waals surface area contributed by atoms with E-state index in [0.29, 0.717) is 6.54 Å². The fourth-order valence-electron chi connectivity index (χ4n) is 2.70. The Kier molecular flexibility index (Phi) is 4.85. The molecular weight excluding hydrogens is 304 g/mol. The second kappa shape index (κ2) is 6.23. The minimum atomic E-state index is -0.561. The Hall–Kier alpha value is -0.610. The van der Waals surface area contributed by atoms with Gasteiger partial charge in [-0.2, -0.15) is 0 Å². The Balaban J connectivity index is 1.89. The Labute approximate surface area is 124 Å². The fraction of sp³-hybridized carbons (Fsp3) is 0.667. The van der Waals surface area contributed by atoms with E-state index in [0.717, 1.165) is 47.6 Å². The van der Waals surface area contributed by atoms with Crippen molar-refractivity contribution in [3.05, 3.63) is 22.3 Å². The molecule has 0 aliphatic heterocycles. The zero-order valence-corrected chi connectivity index (χ0v) is 13.3. The summed E-state index contributed by atoms with van der Waals surface area (Å²) in [5, 5.41) is 13.8. The summed E-state index contributed by atoms with van der Waals surface area (Å²) in [5.41, 5.74) is 0.403. The molecule has 1 fully saturated rings. The summed E-state index contributed by atoms with van der Waals surface area (Å²) >= 11 is 3.44. The van der Waals surface area contributed by atoms with Gasteiger partial charge in [0, 0.05) is 11.0 Å². The number of hydrogen-bond acceptors (Lipinski definition) is 3. The summed E-state index contributed by atoms with van der Waals surface area (Å²) in [6.07, 6.45) is 5.31. The Morgan fingerprint density at radius 2 is 2.11 bits per heavy atom. The van der Waals surface area contributed by atoms with Crippen LogP contribution in [0, 0.1) is 12.8 Å². The molecule has 1 aliphatic rings. The van der Waals surface area contributed by atoms with Crippen LogP contribution >= 0.6 is 15.9 Å². The molecule has 19 heavy (non-hydrogen) atoms. The zero-order chi connectivity index (χ0) is 13.9. The summed E-state index contributed by atoms with van der Waals surface area (Å²) in [7, 11) is 0. The van der Waals surface area contributed by atoms with E-state index in [4.69, 9.17) is 0 Å². The van der Waals surface area contributed by atoms with Crippen LogP contribution < -0.4 is 5.32 Å². The molecule has 0 aromatic carbocycles. The number of aliphatic hydroxyl groups is 1. The SMILES string of the molecule is CCC1CCC(O)(CNc2ccc(Br)c(C)n2)CC1. The van der Waals surface area contributed by atoms with Crippen molar-refractivity contribution in [2.45, 2.75) is 51.6 Å². The third kappa shape index (κ3) is 3.93. The van der Waals surface area contributed by atoms with Crippen LogP contribution in [0.4, 0.5) is 5.82 Å². The molecule has 2 N–H and O–H groups in total. The zero-order valence-electron chi connectivity index (χ0n) is 11.7. The monoisotopic (exact) mass is 326 g/mol. The third-order valence-corrected chi connectivity index (χ3v) is 5.07. The number of nitrogens with one attached hydrogen (secondary N) is 1. The van der Waals surface area contributed by atoms with E-state index >= 15 is 0 Å². The van der Waals surface area contributed by atoms with Crippen LogP contribution in [-0.4, -0.2) is 22.2 Å². The highest BCUT2D eigenvalue weighted by Crippen LogP contribution is 2.33. The quantitative estimate of drug-likeness (QED) is 0.882. The van der Waals surface area contributed by atoms with Crippen LogP contribution in [0.3, 0.4) is 0 Å². The predicted molar refractivity (Wildman–Crippen MR) is 82.4 cm³/mol. The van der Waals surface area contributed by atoms with Crippen molar-refractivity contribution in [3.8, 4) is 0 Å². The molecule has 1 heterocycles. The van der Waals surface area contributed by atoms with Gasteiger partial charge in [0.1, 0.15) is 5.82 Å². The topological polar surface area (TPSA) is 45.1 Å². The number of nitrogens with zero attached hydrogens (tertiary/aromatic N) is 1. The number of halogens is 1. The molecular formula is C15H23BrN2O. The van der Waals surface area contributed by atoms with Crippen molar-refractivity contribution in [2.24, 2.45) is 5.92 Å². The molecule has 0 saturated heterocycles. The largest absolute Gasteiger partial charge is 0.388 e. The van der Waals surface area contributed by atoms with Gasteiger partial charge in [0.05, 0.1) is 11.3 Å². The minimum absolute atomic E-state index is 0.561. The molecule has 0 bridgehead atoms. The van der Waals surface area contributed by atoms with Gasteiger partial charge in [-0.3, -0.25) is 0 Å². The summed E-state index contributed by atoms with van der Waals surface area (Å²) in [5.74, 6) is 1.64. The highest BCUT2D eigenvalue weighted by atomic mass is 79.9. The number of pyridine rings is 1. The van der Waals surface area contributed by atoms with Crippen molar-refractivity contribution >= 4 is 21.7 Å². The number of hydrogen-bond donors (Lipinski definition) is 2. The molecule has 0 amide bonds. The molecule has 1 aromatic heterocycles. The van der Waals surface area contributed by atoms with Gasteiger partial charge in [0.25, 0.3) is 0 Å². The fourth-order valence-corrected chi connectivity index (χ4v) is 2.92. The molecule has 1 saturated carbocycles. The smallest absolute Gasteiger partial charge is 0.126 e. The lowest BCUT2D eigenvalue weighted by Gasteiger charge is -2.36. The van der Waals surface area contributed by atoms with E-state index in [-0.39, 0.29) is 0 Å². The van der Waals surface area contributed by atoms with Gasteiger partial charge in [-0.05, 0) is 66.6 Å². The van der Waals surface area contributed by atoms with Gasteiger partial charge < -0.3 is 10.4 Å². The maximum atomic E-state index is 10.6. The van der Waals surface area contributed by atoms with Crippen molar-refractivity contribution in [2.75, 3.05) is 11.9 Å². The third-order valence-electron chi connectivity index (χ3n) is 4.23. The van der Waals surface area contributed by atoms with E-state index in [1.807, 2.05) is 19.1 Å². The Bertz CT molecular complexity index is 428. The molecule has 1 aromatic rings. The van der Waals surface area contributed by atoms with Gasteiger partial charge in [-0.1, -0.05) is 13.3 Å². The van der Waals surface area contributed by atoms with Crippen LogP contribution in [0.1, 0.15) is 44.7 Å². The lowest BCUT2D eigenvalue weighted by atomic mass is 9.78. The molecule has 0 atom stereocenters. The van der Waals surface area contributed by atoms with Crippen LogP contribution in [0.5, 0.6) is 0 Å². The van der Waals surface area contributed by atoms with Gasteiger partial charge >= 0.3 is 0 Å². The number of rotatable bonds is 4. The van der Waals surface area contributed by atoms with Gasteiger partial charge in [-0.25, -0.2) is 4.98 Å². The van der Waals surface area contributed by atoms with E-state index in [1.54, 1.807) is 0 Å². The predicted octanol–water partition coefficient (Wildman–Crippen LogP) is 3.90. The van der Waals surface area contributed by atoms with Crippen molar-refractivity contribution in [3.63, 3.8) is 0 Å². The lowest BCUT2D eigenvalue weighted by Crippen LogP contribution is -2.40. The van der Waals surface area contributed by atoms with Crippen molar-refractivity contribution in [1.29, 1.82) is 0 Å². The summed E-state index contributed by atoms with van der Waals surface area (Å²) in [4.78, 5) is 4.45. The normalized spacial score (nSPS) is 27.3. The molecule has 0 spiro atoms. The first kappa shape index (κ1) is 14.8. The first-order valence-electron chi connectivity index (χ1n) is 7.12. The summed E-state index contributed by atoms with van der Waals surface area (Å²) in [6, 6.07) is 3.93. The van der Waals surface area contributed by atoms with E-state index in [2.05, 4.69) is 33.2 Å². The van der Waals surface area contributed by atoms with Crippen LogP contribution in [0.25, 0.3) is 0 Å². The lowest BCUT2D eigenvalue weighted by molar-refractivity contribution is 0.00223. The minimum Gasteiger partial charge on any atom is -0.388 e. The van der Waals surface area contributed by atoms with Gasteiger partial charge in [0.2, 0.25) is 0 Å². The molecule has 2 rings (SSSR count). The molecule has 3 nitrogen and oxygen atoms in total. The van der Waals surface area contributed by atoms with Gasteiger partial charge in [-0.15, -0.1) is 0 Å². The Morgan fingerprint density at radius 3 is 2.68 bits per heavy atom. The van der Waals surface area contributed by atoms with Crippen molar-refractivity contribution < 1.29 is 5.11 Å². The van der Waals surface area contributed by atoms with Crippen LogP contribution in [-0.2, 0) is 0 Å². The van der Waals surface area contributed by atoms with E-state index in [9.17, 15) is 5.11 Å². The van der Waals surface area contributed by atoms with Crippen molar-refractivity contribution in [1.82, 2.24) is 4.98 Å². The van der Waals surface area contributed by atoms with Crippen LogP contribution in [0.15, 0.2) is 16.6 Å². The highest BCUT2D eigenvalue weighted by molar-refractivity contribution is 9.10. The maximum Gasteiger partial charge on any atom is 0.126 e. The first-order valence-corrected chi connectivity index (χ1v) is 7.91. The number of aromatic nitrogens is 1. The number of anilines is 1. The first-order chi connectivity index (χ1) is 9.02. The Morgan fingerprint density at radius 1 is 1.42 bits per heavy atom. The average Bonchev–Trinajstić information content (AvgIpc) is 2.41. The van der Waals surface area contributed by atoms with Gasteiger partial charge in [0.15, 0.2) is 0 Å². The molecule has 106 valence electrons. The molecule has 1 aliphatic carbocycles. The molecule has 0 unspecified atom stereocenters. The van der Waals surface area contributed by atoms with E-state index < -0.39 is 5.60 Å². The molecule has 4 heteroatoms. The summed E-state index contributed by atoms with van der Waals surface area (Å²) < 4.78 is 1.01.